The maximum Gasteiger partial charge on any atom is 0.338 e. The Kier molecular flexibility index (Phi) is 10.6. The number of allylic oxidation sites excluding steroid dienone is 1. The molecule has 0 spiro atoms. The number of ether oxygens (including phenoxy) is 5. The molecule has 0 N–H and O–H groups in total. The molecule has 12 heteroatoms. The highest BCUT2D eigenvalue weighted by atomic mass is 79.9. The average molecular weight is 728 g/mol. The minimum absolute atomic E-state index is 0.168. The predicted molar refractivity (Wildman–Crippen MR) is 181 cm³/mol. The minimum Gasteiger partial charge on any atom is -0.493 e. The Hall–Kier alpha value is -4.06. The van der Waals surface area contributed by atoms with Crippen molar-refractivity contribution in [1.82, 2.24) is 4.57 Å². The molecule has 0 saturated carbocycles. The van der Waals surface area contributed by atoms with Gasteiger partial charge in [0.05, 0.1) is 49.3 Å². The van der Waals surface area contributed by atoms with Gasteiger partial charge in [-0.15, -0.1) is 0 Å². The smallest absolute Gasteiger partial charge is 0.338 e. The molecule has 1 atom stereocenters. The van der Waals surface area contributed by atoms with Gasteiger partial charge >= 0.3 is 5.97 Å². The van der Waals surface area contributed by atoms with Gasteiger partial charge in [0.25, 0.3) is 5.56 Å². The maximum atomic E-state index is 14.1. The number of rotatable bonds is 11. The molecule has 1 aliphatic rings. The van der Waals surface area contributed by atoms with Crippen molar-refractivity contribution in [3.63, 3.8) is 0 Å². The Labute approximate surface area is 283 Å². The summed E-state index contributed by atoms with van der Waals surface area (Å²) in [5.41, 5.74) is 2.71. The van der Waals surface area contributed by atoms with E-state index in [2.05, 4.69) is 20.9 Å². The summed E-state index contributed by atoms with van der Waals surface area (Å²) in [6.07, 6.45) is 1.77. The van der Waals surface area contributed by atoms with Gasteiger partial charge in [-0.1, -0.05) is 57.1 Å². The van der Waals surface area contributed by atoms with Gasteiger partial charge in [-0.25, -0.2) is 9.79 Å². The Morgan fingerprint density at radius 3 is 2.37 bits per heavy atom. The third kappa shape index (κ3) is 6.86. The summed E-state index contributed by atoms with van der Waals surface area (Å²) >= 11 is 10.9. The van der Waals surface area contributed by atoms with Gasteiger partial charge in [0.2, 0.25) is 0 Å². The first-order valence-corrected chi connectivity index (χ1v) is 16.4. The van der Waals surface area contributed by atoms with Crippen LogP contribution in [0.4, 0.5) is 0 Å². The van der Waals surface area contributed by atoms with Crippen molar-refractivity contribution >= 4 is 50.9 Å². The number of aromatic nitrogens is 1. The zero-order valence-electron chi connectivity index (χ0n) is 25.9. The highest BCUT2D eigenvalue weighted by Gasteiger charge is 2.35. The zero-order valence-corrected chi connectivity index (χ0v) is 29.0. The lowest BCUT2D eigenvalue weighted by atomic mass is 9.95. The van der Waals surface area contributed by atoms with E-state index in [1.165, 1.54) is 23.0 Å². The van der Waals surface area contributed by atoms with Crippen molar-refractivity contribution in [1.29, 1.82) is 0 Å². The number of carbonyl (C=O) groups is 1. The van der Waals surface area contributed by atoms with E-state index in [-0.39, 0.29) is 17.7 Å². The fraction of sp³-hybridized carbons (Fsp3) is 0.265. The molecule has 0 bridgehead atoms. The van der Waals surface area contributed by atoms with Crippen LogP contribution in [0.3, 0.4) is 0 Å². The second kappa shape index (κ2) is 14.6. The first-order valence-electron chi connectivity index (χ1n) is 14.4. The summed E-state index contributed by atoms with van der Waals surface area (Å²) in [4.78, 5) is 32.6. The molecule has 4 aromatic rings. The molecule has 1 aromatic heterocycles. The van der Waals surface area contributed by atoms with Crippen LogP contribution in [-0.2, 0) is 16.1 Å². The third-order valence-corrected chi connectivity index (χ3v) is 9.11. The number of methoxy groups -OCH3 is 2. The van der Waals surface area contributed by atoms with Crippen molar-refractivity contribution < 1.29 is 28.5 Å². The van der Waals surface area contributed by atoms with Gasteiger partial charge in [-0.05, 0) is 79.9 Å². The maximum absolute atomic E-state index is 14.1. The average Bonchev–Trinajstić information content (AvgIpc) is 3.34. The number of hydrogen-bond donors (Lipinski definition) is 0. The number of fused-ring (bicyclic) bond motifs is 1. The van der Waals surface area contributed by atoms with Crippen LogP contribution in [0.5, 0.6) is 23.0 Å². The van der Waals surface area contributed by atoms with Crippen molar-refractivity contribution in [3.05, 3.63) is 112 Å². The van der Waals surface area contributed by atoms with E-state index in [1.807, 2.05) is 37.3 Å². The number of nitrogens with zero attached hydrogens (tertiary/aromatic N) is 2. The molecule has 240 valence electrons. The monoisotopic (exact) mass is 726 g/mol. The highest BCUT2D eigenvalue weighted by Crippen LogP contribution is 2.41. The molecule has 0 aliphatic carbocycles. The fourth-order valence-corrected chi connectivity index (χ4v) is 6.77. The SMILES string of the molecule is CCOC(=O)C1=C(C)N=c2s/c(=C/c3ccc(OCc4ccc(Cl)cc4)c(OC)c3)c(=O)n2[C@@H]1c1cc(OC)c(OCC)cc1Br. The van der Waals surface area contributed by atoms with Crippen molar-refractivity contribution in [2.75, 3.05) is 27.4 Å². The number of hydrogen-bond acceptors (Lipinski definition) is 9. The van der Waals surface area contributed by atoms with Crippen molar-refractivity contribution in [2.24, 2.45) is 4.99 Å². The Balaban J connectivity index is 1.59. The molecule has 1 aliphatic heterocycles. The van der Waals surface area contributed by atoms with Crippen LogP contribution in [0.25, 0.3) is 6.08 Å². The predicted octanol–water partition coefficient (Wildman–Crippen LogP) is 6.21. The second-order valence-corrected chi connectivity index (χ2v) is 12.4. The van der Waals surface area contributed by atoms with Crippen LogP contribution in [0.1, 0.15) is 43.5 Å². The second-order valence-electron chi connectivity index (χ2n) is 10.1. The summed E-state index contributed by atoms with van der Waals surface area (Å²) in [6.45, 7) is 6.29. The van der Waals surface area contributed by atoms with Gasteiger partial charge in [-0.2, -0.15) is 0 Å². The lowest BCUT2D eigenvalue weighted by molar-refractivity contribution is -0.139. The standard InChI is InChI=1S/C34H32BrClN2O7S/c1-6-43-28-17-24(35)23(16-27(28)42-5)31-30(33(40)44-7-2)19(3)37-34-38(31)32(39)29(46-34)15-21-10-13-25(26(14-21)41-4)45-18-20-8-11-22(36)12-9-20/h8-17,31H,6-7,18H2,1-5H3/b29-15+/t31-/m1/s1. The van der Waals surface area contributed by atoms with Crippen LogP contribution in [0, 0.1) is 0 Å². The number of thiazole rings is 1. The molecule has 9 nitrogen and oxygen atoms in total. The lowest BCUT2D eigenvalue weighted by Gasteiger charge is -2.26. The highest BCUT2D eigenvalue weighted by molar-refractivity contribution is 9.10. The number of benzene rings is 3. The molecular formula is C34H32BrClN2O7S. The lowest BCUT2D eigenvalue weighted by Crippen LogP contribution is -2.40. The van der Waals surface area contributed by atoms with Gasteiger partial charge < -0.3 is 23.7 Å². The molecule has 5 rings (SSSR count). The van der Waals surface area contributed by atoms with Crippen LogP contribution in [-0.4, -0.2) is 38.0 Å². The molecule has 2 heterocycles. The Morgan fingerprint density at radius 1 is 0.978 bits per heavy atom. The molecular weight excluding hydrogens is 696 g/mol. The summed E-state index contributed by atoms with van der Waals surface area (Å²) in [7, 11) is 3.10. The zero-order chi connectivity index (χ0) is 33.0. The van der Waals surface area contributed by atoms with Crippen molar-refractivity contribution in [3.8, 4) is 23.0 Å². The summed E-state index contributed by atoms with van der Waals surface area (Å²) in [5.74, 6) is 1.51. The van der Waals surface area contributed by atoms with Crippen LogP contribution in [0.2, 0.25) is 5.02 Å². The molecule has 0 saturated heterocycles. The number of carbonyl (C=O) groups excluding carboxylic acids is 1. The quantitative estimate of drug-likeness (QED) is 0.170. The Bertz CT molecular complexity index is 1990. The largest absolute Gasteiger partial charge is 0.493 e. The number of halogens is 2. The van der Waals surface area contributed by atoms with E-state index in [9.17, 15) is 9.59 Å². The van der Waals surface area contributed by atoms with Crippen LogP contribution in [0.15, 0.2) is 80.1 Å². The summed E-state index contributed by atoms with van der Waals surface area (Å²) < 4.78 is 31.0. The third-order valence-electron chi connectivity index (χ3n) is 7.19. The topological polar surface area (TPSA) is 97.6 Å². The van der Waals surface area contributed by atoms with Gasteiger partial charge in [0.15, 0.2) is 27.8 Å². The van der Waals surface area contributed by atoms with Gasteiger partial charge in [0.1, 0.15) is 6.61 Å². The van der Waals surface area contributed by atoms with Crippen molar-refractivity contribution in [2.45, 2.75) is 33.4 Å². The van der Waals surface area contributed by atoms with E-state index in [4.69, 9.17) is 35.3 Å². The molecule has 0 unspecified atom stereocenters. The summed E-state index contributed by atoms with van der Waals surface area (Å²) in [5, 5.41) is 0.654. The van der Waals surface area contributed by atoms with Gasteiger partial charge in [-0.3, -0.25) is 9.36 Å². The molecule has 46 heavy (non-hydrogen) atoms. The summed E-state index contributed by atoms with van der Waals surface area (Å²) in [6, 6.07) is 15.6. The minimum atomic E-state index is -0.838. The van der Waals surface area contributed by atoms with Gasteiger partial charge in [0, 0.05) is 9.50 Å². The first-order chi connectivity index (χ1) is 22.2. The molecule has 0 radical (unpaired) electrons. The van der Waals surface area contributed by atoms with E-state index in [1.54, 1.807) is 51.3 Å². The normalized spacial score (nSPS) is 14.4. The molecule has 0 amide bonds. The Morgan fingerprint density at radius 2 is 1.70 bits per heavy atom. The van der Waals surface area contributed by atoms with E-state index in [0.29, 0.717) is 66.3 Å². The molecule has 0 fully saturated rings. The number of esters is 1. The fourth-order valence-electron chi connectivity index (χ4n) is 5.06. The van der Waals surface area contributed by atoms with Crippen LogP contribution >= 0.6 is 38.9 Å². The molecule has 3 aromatic carbocycles. The van der Waals surface area contributed by atoms with Crippen LogP contribution < -0.4 is 33.8 Å². The first kappa shape index (κ1) is 33.3. The van der Waals surface area contributed by atoms with E-state index < -0.39 is 12.0 Å². The van der Waals surface area contributed by atoms with E-state index >= 15 is 0 Å². The van der Waals surface area contributed by atoms with E-state index in [0.717, 1.165) is 11.1 Å².